The number of nitrogens with one attached hydrogen (secondary N) is 2. The van der Waals surface area contributed by atoms with E-state index in [2.05, 4.69) is 40.0 Å². The molecule has 330 valence electrons. The topological polar surface area (TPSA) is 226 Å². The van der Waals surface area contributed by atoms with E-state index in [1.165, 1.54) is 40.7 Å². The fourth-order valence-corrected chi connectivity index (χ4v) is 8.91. The Morgan fingerprint density at radius 2 is 1.08 bits per heavy atom. The molecule has 8 aromatic rings. The molecule has 3 N–H and O–H groups in total. The predicted octanol–water partition coefficient (Wildman–Crippen LogP) is 7.26. The standard InChI is InChI=1S/C22H20ClN5O4S.C21H20ClN5O3S/c1-22(2,21(29)32-3)14-6-9-16(10-7-14)33(30,31)26-17-11-8-15(23)13-19(17)28-18-5-4-12-24-20(18)25-27-28;1-21(2,13-28)14-5-8-16(9-6-14)31(29,30)25-17-10-7-15(22)12-19(17)27-18-4-3-11-23-20(18)24-26-27/h4-13,26H,1-3H3;3-12,25,28H,13H2,1-2H3. The van der Waals surface area contributed by atoms with Gasteiger partial charge in [-0.1, -0.05) is 71.7 Å². The van der Waals surface area contributed by atoms with Gasteiger partial charge in [0.25, 0.3) is 20.0 Å². The molecule has 0 atom stereocenters. The Balaban J connectivity index is 0.000000192. The van der Waals surface area contributed by atoms with Crippen LogP contribution in [0.1, 0.15) is 38.8 Å². The van der Waals surface area contributed by atoms with Gasteiger partial charge in [-0.15, -0.1) is 10.2 Å². The highest BCUT2D eigenvalue weighted by atomic mass is 35.5. The van der Waals surface area contributed by atoms with Crippen molar-refractivity contribution < 1.29 is 31.5 Å². The first-order valence-electron chi connectivity index (χ1n) is 19.2. The molecule has 0 bridgehead atoms. The third kappa shape index (κ3) is 9.39. The molecule has 0 amide bonds. The van der Waals surface area contributed by atoms with Gasteiger partial charge in [-0.3, -0.25) is 14.2 Å². The van der Waals surface area contributed by atoms with Gasteiger partial charge in [-0.05, 0) is 110 Å². The van der Waals surface area contributed by atoms with E-state index < -0.39 is 36.8 Å². The maximum atomic E-state index is 13.1. The van der Waals surface area contributed by atoms with E-state index in [4.69, 9.17) is 27.9 Å². The summed E-state index contributed by atoms with van der Waals surface area (Å²) in [6.07, 6.45) is 3.19. The van der Waals surface area contributed by atoms with Crippen LogP contribution in [0.2, 0.25) is 10.0 Å². The highest BCUT2D eigenvalue weighted by Gasteiger charge is 2.31. The number of anilines is 2. The molecule has 0 saturated carbocycles. The third-order valence-electron chi connectivity index (χ3n) is 10.2. The second-order valence-corrected chi connectivity index (χ2v) is 19.7. The normalized spacial score (nSPS) is 12.1. The summed E-state index contributed by atoms with van der Waals surface area (Å²) in [4.78, 5) is 20.5. The number of aliphatic hydroxyl groups excluding tert-OH is 1. The molecule has 4 aromatic carbocycles. The second kappa shape index (κ2) is 17.9. The highest BCUT2D eigenvalue weighted by molar-refractivity contribution is 7.93. The summed E-state index contributed by atoms with van der Waals surface area (Å²) in [5.74, 6) is -0.420. The average Bonchev–Trinajstić information content (AvgIpc) is 3.92. The zero-order valence-electron chi connectivity index (χ0n) is 34.8. The van der Waals surface area contributed by atoms with Crippen molar-refractivity contribution in [2.45, 2.75) is 48.3 Å². The Kier molecular flexibility index (Phi) is 12.8. The minimum atomic E-state index is -3.97. The lowest BCUT2D eigenvalue weighted by molar-refractivity contribution is -0.146. The summed E-state index contributed by atoms with van der Waals surface area (Å²) in [6.45, 7) is 7.13. The number of halogens is 2. The fourth-order valence-electron chi connectivity index (χ4n) is 6.43. The van der Waals surface area contributed by atoms with E-state index in [1.54, 1.807) is 111 Å². The fraction of sp³-hybridized carbons (Fsp3) is 0.186. The van der Waals surface area contributed by atoms with Crippen LogP contribution >= 0.6 is 23.2 Å². The van der Waals surface area contributed by atoms with Crippen molar-refractivity contribution >= 4 is 82.9 Å². The first-order chi connectivity index (χ1) is 30.3. The Labute approximate surface area is 378 Å². The van der Waals surface area contributed by atoms with Crippen LogP contribution < -0.4 is 9.44 Å². The van der Waals surface area contributed by atoms with Gasteiger partial charge in [0.15, 0.2) is 0 Å². The average molecular weight is 944 g/mol. The zero-order valence-corrected chi connectivity index (χ0v) is 37.9. The lowest BCUT2D eigenvalue weighted by atomic mass is 9.85. The SMILES string of the molecule is CC(C)(CO)c1ccc(S(=O)(=O)Nc2ccc(Cl)cc2-n2nnc3ncccc32)cc1.COC(=O)C(C)(C)c1ccc(S(=O)(=O)Nc2ccc(Cl)cc2-n2nnc3ncccc32)cc1. The molecule has 0 saturated heterocycles. The maximum absolute atomic E-state index is 13.1. The molecule has 0 aliphatic heterocycles. The number of pyridine rings is 2. The molecular formula is C43H40Cl2N10O7S2. The molecule has 17 nitrogen and oxygen atoms in total. The number of sulfonamides is 2. The van der Waals surface area contributed by atoms with Crippen LogP contribution in [0.15, 0.2) is 131 Å². The minimum Gasteiger partial charge on any atom is -0.468 e. The molecule has 64 heavy (non-hydrogen) atoms. The van der Waals surface area contributed by atoms with Gasteiger partial charge in [-0.2, -0.15) is 0 Å². The molecule has 0 aliphatic rings. The first-order valence-corrected chi connectivity index (χ1v) is 23.0. The Hall–Kier alpha value is -6.51. The summed E-state index contributed by atoms with van der Waals surface area (Å²) in [5, 5.41) is 26.6. The molecule has 4 heterocycles. The predicted molar refractivity (Wildman–Crippen MR) is 243 cm³/mol. The zero-order chi connectivity index (χ0) is 46.0. The van der Waals surface area contributed by atoms with Crippen molar-refractivity contribution in [2.24, 2.45) is 0 Å². The number of nitrogens with zero attached hydrogens (tertiary/aromatic N) is 8. The van der Waals surface area contributed by atoms with Crippen LogP contribution in [0.25, 0.3) is 33.7 Å². The Morgan fingerprint density at radius 3 is 1.48 bits per heavy atom. The summed E-state index contributed by atoms with van der Waals surface area (Å²) in [7, 11) is -6.55. The van der Waals surface area contributed by atoms with Crippen molar-refractivity contribution in [3.8, 4) is 11.4 Å². The molecule has 0 fully saturated rings. The third-order valence-corrected chi connectivity index (χ3v) is 13.5. The molecular weight excluding hydrogens is 904 g/mol. The number of carbonyl (C=O) groups excluding carboxylic acids is 1. The molecule has 0 spiro atoms. The number of fused-ring (bicyclic) bond motifs is 2. The van der Waals surface area contributed by atoms with Crippen LogP contribution in [-0.2, 0) is 40.4 Å². The molecule has 0 aliphatic carbocycles. The van der Waals surface area contributed by atoms with E-state index in [1.807, 2.05) is 13.8 Å². The first kappa shape index (κ1) is 45.5. The van der Waals surface area contributed by atoms with Crippen molar-refractivity contribution in [2.75, 3.05) is 23.2 Å². The Morgan fingerprint density at radius 1 is 0.656 bits per heavy atom. The summed E-state index contributed by atoms with van der Waals surface area (Å²) in [5.41, 5.74) is 3.48. The van der Waals surface area contributed by atoms with E-state index in [0.717, 1.165) is 5.56 Å². The summed E-state index contributed by atoms with van der Waals surface area (Å²) < 4.78 is 65.3. The number of rotatable bonds is 12. The van der Waals surface area contributed by atoms with Gasteiger partial charge in [0.05, 0.1) is 51.7 Å². The van der Waals surface area contributed by atoms with E-state index in [-0.39, 0.29) is 22.1 Å². The number of benzene rings is 4. The minimum absolute atomic E-state index is 0.0259. The number of hydrogen-bond acceptors (Lipinski definition) is 13. The molecule has 4 aromatic heterocycles. The summed E-state index contributed by atoms with van der Waals surface area (Å²) >= 11 is 12.4. The highest BCUT2D eigenvalue weighted by Crippen LogP contribution is 2.32. The van der Waals surface area contributed by atoms with Crippen LogP contribution in [0, 0.1) is 0 Å². The molecule has 0 radical (unpaired) electrons. The van der Waals surface area contributed by atoms with Crippen molar-refractivity contribution in [3.63, 3.8) is 0 Å². The van der Waals surface area contributed by atoms with Crippen LogP contribution in [0.5, 0.6) is 0 Å². The van der Waals surface area contributed by atoms with E-state index in [0.29, 0.717) is 55.0 Å². The number of methoxy groups -OCH3 is 1. The second-order valence-electron chi connectivity index (χ2n) is 15.4. The number of hydrogen-bond donors (Lipinski definition) is 3. The smallest absolute Gasteiger partial charge is 0.315 e. The molecule has 21 heteroatoms. The number of aliphatic hydroxyl groups is 1. The lowest BCUT2D eigenvalue weighted by Gasteiger charge is -2.22. The van der Waals surface area contributed by atoms with Gasteiger partial charge >= 0.3 is 5.97 Å². The van der Waals surface area contributed by atoms with Crippen molar-refractivity contribution in [1.82, 2.24) is 40.0 Å². The van der Waals surface area contributed by atoms with Gasteiger partial charge in [0.1, 0.15) is 11.0 Å². The number of aromatic nitrogens is 8. The van der Waals surface area contributed by atoms with E-state index in [9.17, 15) is 26.7 Å². The molecule has 8 rings (SSSR count). The molecule has 0 unspecified atom stereocenters. The van der Waals surface area contributed by atoms with Crippen LogP contribution in [0.4, 0.5) is 11.4 Å². The van der Waals surface area contributed by atoms with Crippen LogP contribution in [-0.4, -0.2) is 81.6 Å². The quantitative estimate of drug-likeness (QED) is 0.103. The number of esters is 1. The number of carbonyl (C=O) groups is 1. The Bertz CT molecular complexity index is 3230. The van der Waals surface area contributed by atoms with Gasteiger partial charge < -0.3 is 9.84 Å². The maximum Gasteiger partial charge on any atom is 0.315 e. The monoisotopic (exact) mass is 942 g/mol. The number of ether oxygens (including phenoxy) is 1. The summed E-state index contributed by atoms with van der Waals surface area (Å²) in [6, 6.07) is 29.0. The van der Waals surface area contributed by atoms with E-state index >= 15 is 0 Å². The van der Waals surface area contributed by atoms with Gasteiger partial charge in [0.2, 0.25) is 11.3 Å². The largest absolute Gasteiger partial charge is 0.468 e. The van der Waals surface area contributed by atoms with Gasteiger partial charge in [0, 0.05) is 27.9 Å². The van der Waals surface area contributed by atoms with Gasteiger partial charge in [-0.25, -0.2) is 36.2 Å². The van der Waals surface area contributed by atoms with Crippen molar-refractivity contribution in [3.05, 3.63) is 143 Å². The van der Waals surface area contributed by atoms with Crippen molar-refractivity contribution in [1.29, 1.82) is 0 Å². The lowest BCUT2D eigenvalue weighted by Crippen LogP contribution is -2.30. The van der Waals surface area contributed by atoms with Crippen LogP contribution in [0.3, 0.4) is 0 Å².